The molecule has 2 amide bonds. The van der Waals surface area contributed by atoms with Gasteiger partial charge in [-0.2, -0.15) is 0 Å². The second-order valence-electron chi connectivity index (χ2n) is 7.53. The van der Waals surface area contributed by atoms with Crippen LogP contribution < -0.4 is 10.1 Å². The third kappa shape index (κ3) is 4.27. The summed E-state index contributed by atoms with van der Waals surface area (Å²) >= 11 is 0. The molecule has 1 saturated carbocycles. The van der Waals surface area contributed by atoms with Gasteiger partial charge in [-0.05, 0) is 48.7 Å². The highest BCUT2D eigenvalue weighted by Crippen LogP contribution is 2.28. The molecular weight excluding hydrogens is 378 g/mol. The van der Waals surface area contributed by atoms with Gasteiger partial charge in [0.05, 0.1) is 7.11 Å². The summed E-state index contributed by atoms with van der Waals surface area (Å²) in [7, 11) is 1.61. The number of nitrogens with one attached hydrogen (secondary N) is 1. The van der Waals surface area contributed by atoms with Crippen molar-refractivity contribution < 1.29 is 14.3 Å². The normalized spacial score (nSPS) is 18.4. The number of carbonyl (C=O) groups excluding carboxylic acids is 2. The predicted octanol–water partition coefficient (Wildman–Crippen LogP) is 4.00. The fourth-order valence-corrected chi connectivity index (χ4v) is 3.92. The highest BCUT2D eigenvalue weighted by Gasteiger charge is 2.37. The van der Waals surface area contributed by atoms with Gasteiger partial charge in [-0.1, -0.05) is 49.6 Å². The van der Waals surface area contributed by atoms with Crippen molar-refractivity contribution >= 4 is 23.8 Å². The van der Waals surface area contributed by atoms with E-state index in [1.54, 1.807) is 30.2 Å². The monoisotopic (exact) mass is 403 g/mol. The number of nitrogens with zero attached hydrogens (tertiary/aromatic N) is 2. The minimum Gasteiger partial charge on any atom is -0.497 e. The van der Waals surface area contributed by atoms with Crippen LogP contribution in [0.1, 0.15) is 48.0 Å². The van der Waals surface area contributed by atoms with E-state index in [2.05, 4.69) is 10.3 Å². The first-order valence-electron chi connectivity index (χ1n) is 10.3. The first kappa shape index (κ1) is 19.9. The van der Waals surface area contributed by atoms with Crippen LogP contribution in [-0.4, -0.2) is 35.8 Å². The van der Waals surface area contributed by atoms with Crippen LogP contribution in [0.5, 0.6) is 5.75 Å². The standard InChI is InChI=1S/C24H25N3O3/c1-30-20-14-12-17(13-15-20)16-21-23(29)27(19-10-6-3-7-11-19)24(25-21)26-22(28)18-8-4-2-5-9-18/h2,4-5,8-9,12-16,19H,3,6-7,10-11H2,1H3,(H,25,26,28)/b21-16-. The number of carbonyl (C=O) groups is 2. The van der Waals surface area contributed by atoms with Crippen molar-refractivity contribution in [2.24, 2.45) is 4.99 Å². The molecule has 0 aromatic heterocycles. The van der Waals surface area contributed by atoms with Gasteiger partial charge >= 0.3 is 0 Å². The summed E-state index contributed by atoms with van der Waals surface area (Å²) in [6.45, 7) is 0. The maximum Gasteiger partial charge on any atom is 0.279 e. The summed E-state index contributed by atoms with van der Waals surface area (Å²) in [6.07, 6.45) is 6.91. The number of guanidine groups is 1. The number of methoxy groups -OCH3 is 1. The van der Waals surface area contributed by atoms with E-state index >= 15 is 0 Å². The Morgan fingerprint density at radius 2 is 1.77 bits per heavy atom. The Morgan fingerprint density at radius 1 is 1.07 bits per heavy atom. The van der Waals surface area contributed by atoms with Crippen LogP contribution in [0.4, 0.5) is 0 Å². The van der Waals surface area contributed by atoms with E-state index in [4.69, 9.17) is 4.74 Å². The summed E-state index contributed by atoms with van der Waals surface area (Å²) in [5, 5.41) is 2.86. The third-order valence-corrected chi connectivity index (χ3v) is 5.51. The zero-order valence-electron chi connectivity index (χ0n) is 17.0. The first-order chi connectivity index (χ1) is 14.7. The number of hydrogen-bond donors (Lipinski definition) is 1. The van der Waals surface area contributed by atoms with E-state index in [0.29, 0.717) is 17.2 Å². The summed E-state index contributed by atoms with van der Waals surface area (Å²) in [4.78, 5) is 32.1. The maximum absolute atomic E-state index is 13.2. The minimum absolute atomic E-state index is 0.0582. The largest absolute Gasteiger partial charge is 0.497 e. The molecule has 0 atom stereocenters. The zero-order valence-corrected chi connectivity index (χ0v) is 17.0. The summed E-state index contributed by atoms with van der Waals surface area (Å²) in [6, 6.07) is 16.5. The number of rotatable bonds is 4. The van der Waals surface area contributed by atoms with Crippen molar-refractivity contribution in [3.05, 3.63) is 71.4 Å². The molecule has 0 saturated heterocycles. The number of ether oxygens (including phenoxy) is 1. The molecule has 0 bridgehead atoms. The van der Waals surface area contributed by atoms with Crippen LogP contribution in [-0.2, 0) is 4.79 Å². The smallest absolute Gasteiger partial charge is 0.279 e. The van der Waals surface area contributed by atoms with Crippen molar-refractivity contribution in [3.8, 4) is 5.75 Å². The second kappa shape index (κ2) is 8.95. The highest BCUT2D eigenvalue weighted by atomic mass is 16.5. The van der Waals surface area contributed by atoms with Crippen molar-refractivity contribution in [1.29, 1.82) is 0 Å². The Bertz CT molecular complexity index is 975. The quantitative estimate of drug-likeness (QED) is 0.785. The number of amides is 2. The molecule has 0 unspecified atom stereocenters. The van der Waals surface area contributed by atoms with Crippen LogP contribution >= 0.6 is 0 Å². The minimum atomic E-state index is -0.270. The van der Waals surface area contributed by atoms with Gasteiger partial charge in [-0.3, -0.25) is 19.8 Å². The van der Waals surface area contributed by atoms with Crippen LogP contribution in [0.15, 0.2) is 65.3 Å². The lowest BCUT2D eigenvalue weighted by Gasteiger charge is -2.31. The Labute approximate surface area is 176 Å². The molecule has 1 N–H and O–H groups in total. The molecule has 2 aromatic carbocycles. The Kier molecular flexibility index (Phi) is 5.93. The lowest BCUT2D eigenvalue weighted by molar-refractivity contribution is -0.124. The van der Waals surface area contributed by atoms with Crippen LogP contribution in [0.2, 0.25) is 0 Å². The molecule has 154 valence electrons. The molecule has 0 spiro atoms. The van der Waals surface area contributed by atoms with Crippen molar-refractivity contribution in [3.63, 3.8) is 0 Å². The summed E-state index contributed by atoms with van der Waals surface area (Å²) in [5.74, 6) is 0.633. The molecule has 1 aliphatic heterocycles. The van der Waals surface area contributed by atoms with Gasteiger partial charge in [0.2, 0.25) is 5.96 Å². The van der Waals surface area contributed by atoms with Gasteiger partial charge in [0.1, 0.15) is 11.4 Å². The predicted molar refractivity (Wildman–Crippen MR) is 116 cm³/mol. The van der Waals surface area contributed by atoms with E-state index in [1.807, 2.05) is 42.5 Å². The summed E-state index contributed by atoms with van der Waals surface area (Å²) < 4.78 is 5.19. The zero-order chi connectivity index (χ0) is 20.9. The molecule has 30 heavy (non-hydrogen) atoms. The number of aliphatic imine (C=N–C) groups is 1. The highest BCUT2D eigenvalue weighted by molar-refractivity contribution is 6.18. The lowest BCUT2D eigenvalue weighted by atomic mass is 9.94. The molecule has 2 aromatic rings. The van der Waals surface area contributed by atoms with E-state index < -0.39 is 0 Å². The van der Waals surface area contributed by atoms with Crippen molar-refractivity contribution in [2.75, 3.05) is 7.11 Å². The second-order valence-corrected chi connectivity index (χ2v) is 7.53. The maximum atomic E-state index is 13.2. The molecule has 0 radical (unpaired) electrons. The van der Waals surface area contributed by atoms with E-state index in [9.17, 15) is 9.59 Å². The fourth-order valence-electron chi connectivity index (χ4n) is 3.92. The molecule has 6 heteroatoms. The number of hydrogen-bond acceptors (Lipinski definition) is 4. The topological polar surface area (TPSA) is 71.0 Å². The van der Waals surface area contributed by atoms with Gasteiger partial charge in [0, 0.05) is 11.6 Å². The molecule has 1 aliphatic carbocycles. The molecular formula is C24H25N3O3. The number of benzene rings is 2. The molecule has 2 aliphatic rings. The van der Waals surface area contributed by atoms with Gasteiger partial charge in [0.25, 0.3) is 11.8 Å². The average Bonchev–Trinajstić information content (AvgIpc) is 3.10. The fraction of sp³-hybridized carbons (Fsp3) is 0.292. The molecule has 1 fully saturated rings. The lowest BCUT2D eigenvalue weighted by Crippen LogP contribution is -2.49. The van der Waals surface area contributed by atoms with Crippen LogP contribution in [0.25, 0.3) is 6.08 Å². The van der Waals surface area contributed by atoms with Crippen LogP contribution in [0, 0.1) is 0 Å². The average molecular weight is 403 g/mol. The third-order valence-electron chi connectivity index (χ3n) is 5.51. The summed E-state index contributed by atoms with van der Waals surface area (Å²) in [5.41, 5.74) is 1.71. The van der Waals surface area contributed by atoms with Crippen molar-refractivity contribution in [2.45, 2.75) is 38.1 Å². The Morgan fingerprint density at radius 3 is 2.43 bits per heavy atom. The van der Waals surface area contributed by atoms with Gasteiger partial charge in [-0.25, -0.2) is 4.99 Å². The van der Waals surface area contributed by atoms with E-state index in [1.165, 1.54) is 6.42 Å². The van der Waals surface area contributed by atoms with Crippen molar-refractivity contribution in [1.82, 2.24) is 10.2 Å². The van der Waals surface area contributed by atoms with Crippen LogP contribution in [0.3, 0.4) is 0 Å². The molecule has 4 rings (SSSR count). The molecule has 6 nitrogen and oxygen atoms in total. The Balaban J connectivity index is 1.63. The van der Waals surface area contributed by atoms with Gasteiger partial charge in [-0.15, -0.1) is 0 Å². The van der Waals surface area contributed by atoms with Gasteiger partial charge < -0.3 is 4.74 Å². The van der Waals surface area contributed by atoms with E-state index in [0.717, 1.165) is 37.0 Å². The molecule has 1 heterocycles. The SMILES string of the molecule is COc1ccc(/C=C2\N=C(NC(=O)c3ccccc3)N(C3CCCCC3)C2=O)cc1. The first-order valence-corrected chi connectivity index (χ1v) is 10.3. The Hall–Kier alpha value is -3.41. The van der Waals surface area contributed by atoms with Gasteiger partial charge in [0.15, 0.2) is 0 Å². The van der Waals surface area contributed by atoms with E-state index in [-0.39, 0.29) is 17.9 Å².